The lowest BCUT2D eigenvalue weighted by atomic mass is 9.70. The molecule has 0 N–H and O–H groups in total. The number of fused-ring (bicyclic) bond motifs is 12. The average Bonchev–Trinajstić information content (AvgIpc) is 3.84. The first-order valence-corrected chi connectivity index (χ1v) is 22.2. The van der Waals surface area contributed by atoms with Gasteiger partial charge in [0.25, 0.3) is 0 Å². The number of allylic oxidation sites excluding steroid dienone is 1. The monoisotopic (exact) mass is 819 g/mol. The van der Waals surface area contributed by atoms with Gasteiger partial charge in [0.05, 0.1) is 11.5 Å². The van der Waals surface area contributed by atoms with Crippen molar-refractivity contribution < 1.29 is 9.47 Å². The molecule has 1 heterocycles. The summed E-state index contributed by atoms with van der Waals surface area (Å²) in [4.78, 5) is 2.45. The Bertz CT molecular complexity index is 3340. The van der Waals surface area contributed by atoms with Gasteiger partial charge in [-0.1, -0.05) is 188 Å². The highest BCUT2D eigenvalue weighted by molar-refractivity contribution is 5.97. The van der Waals surface area contributed by atoms with Crippen molar-refractivity contribution in [2.24, 2.45) is 0 Å². The Morgan fingerprint density at radius 3 is 1.52 bits per heavy atom. The fourth-order valence-corrected chi connectivity index (χ4v) is 10.9. The predicted octanol–water partition coefficient (Wildman–Crippen LogP) is 15.2. The molecule has 1 spiro atoms. The van der Waals surface area contributed by atoms with E-state index in [0.717, 1.165) is 45.5 Å². The third kappa shape index (κ3) is 5.54. The minimum absolute atomic E-state index is 0.0641. The van der Waals surface area contributed by atoms with Gasteiger partial charge in [-0.2, -0.15) is 0 Å². The maximum atomic E-state index is 7.10. The standard InChI is InChI=1S/C61H41NO2/c1-3-16-40(17-4-1)42-20-13-21-43(36-42)45-23-15-25-47(38-45)62(46-24-14-22-44(37-46)41-18-5-2-6-19-41)48-32-34-56-58(39-48)63-57-35-33-55-59(60(57)64-56)51-28-9-12-31-54(51)61(55)52-29-10-7-26-49(52)50-27-8-11-30-53(50)61/h1-38,48H,39H2. The topological polar surface area (TPSA) is 21.7 Å². The average molecular weight is 820 g/mol. The van der Waals surface area contributed by atoms with Gasteiger partial charge in [-0.25, -0.2) is 0 Å². The lowest BCUT2D eigenvalue weighted by Gasteiger charge is -2.36. The summed E-state index contributed by atoms with van der Waals surface area (Å²) in [6.07, 6.45) is 5.03. The molecule has 0 radical (unpaired) electrons. The van der Waals surface area contributed by atoms with E-state index in [0.29, 0.717) is 6.42 Å². The smallest absolute Gasteiger partial charge is 0.178 e. The Kier molecular flexibility index (Phi) is 8.26. The summed E-state index contributed by atoms with van der Waals surface area (Å²) >= 11 is 0. The van der Waals surface area contributed by atoms with E-state index >= 15 is 0 Å². The summed E-state index contributed by atoms with van der Waals surface area (Å²) in [6.45, 7) is 0. The Morgan fingerprint density at radius 2 is 0.891 bits per heavy atom. The molecule has 1 atom stereocenters. The number of nitrogens with zero attached hydrogens (tertiary/aromatic N) is 1. The molecule has 0 fully saturated rings. The van der Waals surface area contributed by atoms with Gasteiger partial charge >= 0.3 is 0 Å². The van der Waals surface area contributed by atoms with Crippen LogP contribution in [0.2, 0.25) is 0 Å². The summed E-state index contributed by atoms with van der Waals surface area (Å²) in [5.41, 5.74) is 18.8. The van der Waals surface area contributed by atoms with Crippen molar-refractivity contribution in [1.82, 2.24) is 0 Å². The van der Waals surface area contributed by atoms with E-state index in [1.807, 2.05) is 0 Å². The number of rotatable bonds is 6. The van der Waals surface area contributed by atoms with Crippen LogP contribution in [0.4, 0.5) is 11.4 Å². The highest BCUT2D eigenvalue weighted by Crippen LogP contribution is 2.65. The van der Waals surface area contributed by atoms with Crippen LogP contribution in [0.3, 0.4) is 0 Å². The van der Waals surface area contributed by atoms with Crippen molar-refractivity contribution >= 4 is 11.4 Å². The summed E-state index contributed by atoms with van der Waals surface area (Å²) < 4.78 is 14.1. The van der Waals surface area contributed by atoms with Crippen molar-refractivity contribution in [3.8, 4) is 67.1 Å². The van der Waals surface area contributed by atoms with Crippen molar-refractivity contribution in [1.29, 1.82) is 0 Å². The molecule has 9 aromatic rings. The quantitative estimate of drug-likeness (QED) is 0.167. The van der Waals surface area contributed by atoms with E-state index in [-0.39, 0.29) is 6.04 Å². The molecule has 0 saturated heterocycles. The van der Waals surface area contributed by atoms with Gasteiger partial charge in [0.15, 0.2) is 17.3 Å². The second-order valence-electron chi connectivity index (χ2n) is 17.1. The van der Waals surface area contributed by atoms with Crippen molar-refractivity contribution in [3.05, 3.63) is 264 Å². The van der Waals surface area contributed by atoms with Crippen LogP contribution in [0.5, 0.6) is 11.5 Å². The molecule has 3 heteroatoms. The maximum Gasteiger partial charge on any atom is 0.178 e. The molecule has 0 amide bonds. The van der Waals surface area contributed by atoms with Gasteiger partial charge in [-0.3, -0.25) is 0 Å². The van der Waals surface area contributed by atoms with Crippen LogP contribution in [0, 0.1) is 0 Å². The van der Waals surface area contributed by atoms with Gasteiger partial charge in [-0.15, -0.1) is 0 Å². The van der Waals surface area contributed by atoms with E-state index in [9.17, 15) is 0 Å². The highest BCUT2D eigenvalue weighted by Gasteiger charge is 2.53. The number of hydrogen-bond acceptors (Lipinski definition) is 3. The molecule has 1 aliphatic heterocycles. The first-order chi connectivity index (χ1) is 31.7. The van der Waals surface area contributed by atoms with Crippen LogP contribution in [0.25, 0.3) is 55.6 Å². The summed E-state index contributed by atoms with van der Waals surface area (Å²) in [5, 5.41) is 0. The predicted molar refractivity (Wildman–Crippen MR) is 260 cm³/mol. The van der Waals surface area contributed by atoms with Crippen LogP contribution in [0.1, 0.15) is 28.7 Å². The number of benzene rings is 9. The molecular formula is C61H41NO2. The number of hydrogen-bond donors (Lipinski definition) is 0. The minimum atomic E-state index is -0.453. The second-order valence-corrected chi connectivity index (χ2v) is 17.1. The molecular weight excluding hydrogens is 779 g/mol. The zero-order chi connectivity index (χ0) is 42.2. The Hall–Kier alpha value is -8.14. The molecule has 302 valence electrons. The molecule has 64 heavy (non-hydrogen) atoms. The number of anilines is 2. The fourth-order valence-electron chi connectivity index (χ4n) is 10.9. The number of ether oxygens (including phenoxy) is 2. The van der Waals surface area contributed by atoms with Crippen LogP contribution in [-0.4, -0.2) is 6.04 Å². The van der Waals surface area contributed by atoms with E-state index in [1.165, 1.54) is 66.8 Å². The van der Waals surface area contributed by atoms with Crippen LogP contribution in [-0.2, 0) is 5.41 Å². The highest BCUT2D eigenvalue weighted by atomic mass is 16.6. The maximum absolute atomic E-state index is 7.10. The first kappa shape index (κ1) is 36.5. The molecule has 0 bridgehead atoms. The first-order valence-electron chi connectivity index (χ1n) is 22.2. The Morgan fingerprint density at radius 1 is 0.406 bits per heavy atom. The van der Waals surface area contributed by atoms with Gasteiger partial charge in [0.1, 0.15) is 5.76 Å². The third-order valence-corrected chi connectivity index (χ3v) is 13.7. The minimum Gasteiger partial charge on any atom is -0.454 e. The van der Waals surface area contributed by atoms with Gasteiger partial charge in [0.2, 0.25) is 0 Å². The molecule has 1 unspecified atom stereocenters. The fraction of sp³-hybridized carbons (Fsp3) is 0.0492. The molecule has 0 saturated carbocycles. The lowest BCUT2D eigenvalue weighted by Crippen LogP contribution is -2.33. The van der Waals surface area contributed by atoms with Crippen molar-refractivity contribution in [3.63, 3.8) is 0 Å². The Labute approximate surface area is 373 Å². The van der Waals surface area contributed by atoms with Crippen molar-refractivity contribution in [2.45, 2.75) is 17.9 Å². The van der Waals surface area contributed by atoms with Gasteiger partial charge < -0.3 is 14.4 Å². The summed E-state index contributed by atoms with van der Waals surface area (Å²) in [6, 6.07) is 78.9. The molecule has 9 aromatic carbocycles. The summed E-state index contributed by atoms with van der Waals surface area (Å²) in [5.74, 6) is 3.11. The summed E-state index contributed by atoms with van der Waals surface area (Å²) in [7, 11) is 0. The lowest BCUT2D eigenvalue weighted by molar-refractivity contribution is 0.286. The third-order valence-electron chi connectivity index (χ3n) is 13.7. The zero-order valence-electron chi connectivity index (χ0n) is 35.0. The largest absolute Gasteiger partial charge is 0.454 e. The molecule has 13 rings (SSSR count). The zero-order valence-corrected chi connectivity index (χ0v) is 35.0. The Balaban J connectivity index is 0.895. The van der Waals surface area contributed by atoms with Crippen LogP contribution < -0.4 is 14.4 Å². The molecule has 3 nitrogen and oxygen atoms in total. The van der Waals surface area contributed by atoms with E-state index in [4.69, 9.17) is 9.47 Å². The van der Waals surface area contributed by atoms with Gasteiger partial charge in [0, 0.05) is 23.4 Å². The van der Waals surface area contributed by atoms with E-state index in [2.05, 4.69) is 235 Å². The second kappa shape index (κ2) is 14.5. The van der Waals surface area contributed by atoms with E-state index in [1.54, 1.807) is 0 Å². The van der Waals surface area contributed by atoms with Crippen LogP contribution >= 0.6 is 0 Å². The normalized spacial score (nSPS) is 15.5. The molecule has 4 aliphatic rings. The van der Waals surface area contributed by atoms with Crippen molar-refractivity contribution in [2.75, 3.05) is 4.90 Å². The van der Waals surface area contributed by atoms with Crippen LogP contribution in [0.15, 0.2) is 242 Å². The molecule has 3 aliphatic carbocycles. The van der Waals surface area contributed by atoms with Gasteiger partial charge in [-0.05, 0) is 115 Å². The molecule has 0 aromatic heterocycles. The van der Waals surface area contributed by atoms with E-state index < -0.39 is 5.41 Å². The SMILES string of the molecule is C1=CC(N(c2cccc(-c3ccccc3)c2)c2cccc(-c3cccc(-c4ccccc4)c3)c2)CC2=C1Oc1c(ccc3c1-c1ccccc1C31c3ccccc3-c3ccccc31)O2.